The van der Waals surface area contributed by atoms with Crippen LogP contribution in [0.2, 0.25) is 0 Å². The lowest BCUT2D eigenvalue weighted by atomic mass is 10.0. The molecule has 136 valence electrons. The SMILES string of the molecule is N[C@@H]1CCc2c1ccc1c2cc(-c2cncs2)n1S(=O)(=O)c1ccccc1. The molecule has 2 N–H and O–H groups in total. The van der Waals surface area contributed by atoms with Crippen molar-refractivity contribution in [2.75, 3.05) is 0 Å². The number of aryl methyl sites for hydroxylation is 1. The molecule has 0 amide bonds. The van der Waals surface area contributed by atoms with Gasteiger partial charge in [0.15, 0.2) is 0 Å². The third-order valence-electron chi connectivity index (χ3n) is 5.16. The number of rotatable bonds is 3. The fourth-order valence-electron chi connectivity index (χ4n) is 3.88. The van der Waals surface area contributed by atoms with Crippen molar-refractivity contribution in [2.24, 2.45) is 5.73 Å². The van der Waals surface area contributed by atoms with Crippen molar-refractivity contribution in [3.63, 3.8) is 0 Å². The first kappa shape index (κ1) is 16.7. The monoisotopic (exact) mass is 395 g/mol. The second-order valence-corrected chi connectivity index (χ2v) is 9.36. The van der Waals surface area contributed by atoms with E-state index in [-0.39, 0.29) is 10.9 Å². The van der Waals surface area contributed by atoms with Crippen LogP contribution >= 0.6 is 11.3 Å². The maximum atomic E-state index is 13.5. The summed E-state index contributed by atoms with van der Waals surface area (Å²) >= 11 is 1.43. The van der Waals surface area contributed by atoms with Crippen molar-refractivity contribution < 1.29 is 8.42 Å². The van der Waals surface area contributed by atoms with E-state index in [4.69, 9.17) is 5.73 Å². The molecule has 27 heavy (non-hydrogen) atoms. The summed E-state index contributed by atoms with van der Waals surface area (Å²) in [6.07, 6.45) is 3.47. The highest BCUT2D eigenvalue weighted by atomic mass is 32.2. The first-order valence-electron chi connectivity index (χ1n) is 8.69. The van der Waals surface area contributed by atoms with E-state index in [1.165, 1.54) is 15.3 Å². The Hall–Kier alpha value is -2.48. The van der Waals surface area contributed by atoms with Crippen LogP contribution in [-0.2, 0) is 16.4 Å². The van der Waals surface area contributed by atoms with Crippen LogP contribution in [0.4, 0.5) is 0 Å². The van der Waals surface area contributed by atoms with Crippen molar-refractivity contribution >= 4 is 32.3 Å². The van der Waals surface area contributed by atoms with Gasteiger partial charge in [-0.05, 0) is 48.2 Å². The van der Waals surface area contributed by atoms with Crippen LogP contribution in [0.3, 0.4) is 0 Å². The quantitative estimate of drug-likeness (QED) is 0.570. The molecule has 1 aliphatic rings. The van der Waals surface area contributed by atoms with E-state index < -0.39 is 10.0 Å². The van der Waals surface area contributed by atoms with Crippen molar-refractivity contribution in [2.45, 2.75) is 23.8 Å². The maximum absolute atomic E-state index is 13.5. The molecule has 2 aromatic carbocycles. The van der Waals surface area contributed by atoms with E-state index in [1.807, 2.05) is 24.3 Å². The molecule has 5 nitrogen and oxygen atoms in total. The second kappa shape index (κ2) is 6.02. The molecule has 7 heteroatoms. The van der Waals surface area contributed by atoms with Crippen molar-refractivity contribution in [3.8, 4) is 10.6 Å². The lowest BCUT2D eigenvalue weighted by Gasteiger charge is -2.12. The summed E-state index contributed by atoms with van der Waals surface area (Å²) < 4.78 is 28.5. The van der Waals surface area contributed by atoms with Crippen LogP contribution in [0.25, 0.3) is 21.5 Å². The van der Waals surface area contributed by atoms with Gasteiger partial charge in [0.05, 0.1) is 26.5 Å². The number of benzene rings is 2. The minimum atomic E-state index is -3.75. The van der Waals surface area contributed by atoms with E-state index in [2.05, 4.69) is 4.98 Å². The standard InChI is InChI=1S/C20H17N3O2S2/c21-17-8-6-14-15(17)7-9-18-16(14)10-19(20-11-22-12-26-20)23(18)27(24,25)13-4-2-1-3-5-13/h1-5,7,9-12,17H,6,8,21H2/t17-/m1/s1. The molecule has 0 fully saturated rings. The van der Waals surface area contributed by atoms with E-state index in [0.717, 1.165) is 34.2 Å². The normalized spacial score (nSPS) is 16.7. The van der Waals surface area contributed by atoms with Crippen LogP contribution in [0.15, 0.2) is 65.1 Å². The van der Waals surface area contributed by atoms with Crippen molar-refractivity contribution in [1.29, 1.82) is 0 Å². The molecular weight excluding hydrogens is 378 g/mol. The zero-order chi connectivity index (χ0) is 18.6. The average molecular weight is 396 g/mol. The minimum Gasteiger partial charge on any atom is -0.324 e. The molecule has 2 aromatic heterocycles. The Bertz CT molecular complexity index is 1240. The van der Waals surface area contributed by atoms with E-state index >= 15 is 0 Å². The molecule has 2 heterocycles. The first-order valence-corrected chi connectivity index (χ1v) is 11.0. The zero-order valence-electron chi connectivity index (χ0n) is 14.4. The number of nitrogens with zero attached hydrogens (tertiary/aromatic N) is 2. The molecule has 0 radical (unpaired) electrons. The highest BCUT2D eigenvalue weighted by molar-refractivity contribution is 7.90. The van der Waals surface area contributed by atoms with E-state index in [1.54, 1.807) is 36.0 Å². The van der Waals surface area contributed by atoms with Crippen LogP contribution in [0.5, 0.6) is 0 Å². The zero-order valence-corrected chi connectivity index (χ0v) is 16.0. The molecule has 4 aromatic rings. The van der Waals surface area contributed by atoms with Gasteiger partial charge in [-0.2, -0.15) is 0 Å². The molecule has 1 aliphatic carbocycles. The lowest BCUT2D eigenvalue weighted by Crippen LogP contribution is -2.14. The van der Waals surface area contributed by atoms with E-state index in [0.29, 0.717) is 11.2 Å². The van der Waals surface area contributed by atoms with Gasteiger partial charge in [0.25, 0.3) is 10.0 Å². The van der Waals surface area contributed by atoms with Crippen molar-refractivity contribution in [3.05, 3.63) is 71.4 Å². The number of nitrogens with two attached hydrogens (primary N) is 1. The van der Waals surface area contributed by atoms with Crippen molar-refractivity contribution in [1.82, 2.24) is 8.96 Å². The summed E-state index contributed by atoms with van der Waals surface area (Å²) in [4.78, 5) is 5.23. The third-order valence-corrected chi connectivity index (χ3v) is 7.70. The summed E-state index contributed by atoms with van der Waals surface area (Å²) in [6, 6.07) is 14.4. The largest absolute Gasteiger partial charge is 0.324 e. The topological polar surface area (TPSA) is 78.0 Å². The third kappa shape index (κ3) is 2.46. The molecule has 5 rings (SSSR count). The van der Waals surface area contributed by atoms with Crippen LogP contribution in [0.1, 0.15) is 23.6 Å². The Balaban J connectivity index is 1.87. The predicted molar refractivity (Wildman–Crippen MR) is 107 cm³/mol. The molecular formula is C20H17N3O2S2. The molecule has 0 aliphatic heterocycles. The fourth-order valence-corrected chi connectivity index (χ4v) is 6.11. The molecule has 0 bridgehead atoms. The van der Waals surface area contributed by atoms with Gasteiger partial charge in [-0.1, -0.05) is 24.3 Å². The Labute approximate surface area is 161 Å². The highest BCUT2D eigenvalue weighted by Crippen LogP contribution is 2.40. The minimum absolute atomic E-state index is 0.0188. The summed E-state index contributed by atoms with van der Waals surface area (Å²) in [5.74, 6) is 0. The van der Waals surface area contributed by atoms with Gasteiger partial charge in [-0.15, -0.1) is 11.3 Å². The van der Waals surface area contributed by atoms with Gasteiger partial charge in [0.2, 0.25) is 0 Å². The van der Waals surface area contributed by atoms with Gasteiger partial charge in [-0.25, -0.2) is 12.4 Å². The summed E-state index contributed by atoms with van der Waals surface area (Å²) in [6.45, 7) is 0. The predicted octanol–water partition coefficient (Wildman–Crippen LogP) is 3.95. The van der Waals surface area contributed by atoms with E-state index in [9.17, 15) is 8.42 Å². The number of thiazole rings is 1. The summed E-state index contributed by atoms with van der Waals surface area (Å²) in [7, 11) is -3.75. The smallest absolute Gasteiger partial charge is 0.268 e. The molecule has 0 unspecified atom stereocenters. The average Bonchev–Trinajstić information content (AvgIpc) is 3.40. The molecule has 0 spiro atoms. The Morgan fingerprint density at radius 2 is 1.96 bits per heavy atom. The number of hydrogen-bond acceptors (Lipinski definition) is 5. The highest BCUT2D eigenvalue weighted by Gasteiger charge is 2.28. The van der Waals surface area contributed by atoms with Gasteiger partial charge in [-0.3, -0.25) is 4.98 Å². The Morgan fingerprint density at radius 1 is 1.15 bits per heavy atom. The number of fused-ring (bicyclic) bond motifs is 3. The Morgan fingerprint density at radius 3 is 2.70 bits per heavy atom. The summed E-state index contributed by atoms with van der Waals surface area (Å²) in [5, 5.41) is 0.961. The first-order chi connectivity index (χ1) is 13.1. The van der Waals surface area contributed by atoms with Gasteiger partial charge >= 0.3 is 0 Å². The van der Waals surface area contributed by atoms with Gasteiger partial charge < -0.3 is 5.73 Å². The summed E-state index contributed by atoms with van der Waals surface area (Å²) in [5.41, 5.74) is 11.5. The van der Waals surface area contributed by atoms with Gasteiger partial charge in [0.1, 0.15) is 0 Å². The van der Waals surface area contributed by atoms with Gasteiger partial charge in [0, 0.05) is 17.6 Å². The maximum Gasteiger partial charge on any atom is 0.268 e. The molecule has 0 saturated carbocycles. The van der Waals surface area contributed by atoms with Crippen LogP contribution in [-0.4, -0.2) is 17.4 Å². The number of aromatic nitrogens is 2. The van der Waals surface area contributed by atoms with Crippen LogP contribution in [0, 0.1) is 0 Å². The molecule has 1 atom stereocenters. The number of hydrogen-bond donors (Lipinski definition) is 1. The second-order valence-electron chi connectivity index (χ2n) is 6.69. The molecule has 0 saturated heterocycles. The van der Waals surface area contributed by atoms with Crippen LogP contribution < -0.4 is 5.73 Å². The fraction of sp³-hybridized carbons (Fsp3) is 0.150. The Kier molecular flexibility index (Phi) is 3.72. The lowest BCUT2D eigenvalue weighted by molar-refractivity contribution is 0.589.